The quantitative estimate of drug-likeness (QED) is 0.803. The van der Waals surface area contributed by atoms with E-state index in [9.17, 15) is 4.79 Å². The van der Waals surface area contributed by atoms with Crippen molar-refractivity contribution in [2.45, 2.75) is 24.9 Å². The highest BCUT2D eigenvalue weighted by molar-refractivity contribution is 5.86. The molecule has 2 unspecified atom stereocenters. The van der Waals surface area contributed by atoms with Crippen LogP contribution in [-0.2, 0) is 14.3 Å². The first-order valence-corrected chi connectivity index (χ1v) is 6.98. The Morgan fingerprint density at radius 1 is 1.25 bits per heavy atom. The molecule has 3 heteroatoms. The van der Waals surface area contributed by atoms with Gasteiger partial charge in [0, 0.05) is 6.61 Å². The SMILES string of the molecule is COC(=O)C(c1ccc2ccccc2c1)C1CCCO1. The molecule has 0 amide bonds. The number of esters is 1. The molecule has 0 N–H and O–H groups in total. The first kappa shape index (κ1) is 13.1. The monoisotopic (exact) mass is 270 g/mol. The first-order chi connectivity index (χ1) is 9.79. The van der Waals surface area contributed by atoms with E-state index in [1.54, 1.807) is 0 Å². The molecule has 2 aromatic rings. The van der Waals surface area contributed by atoms with Crippen LogP contribution in [-0.4, -0.2) is 25.8 Å². The number of methoxy groups -OCH3 is 1. The largest absolute Gasteiger partial charge is 0.468 e. The van der Waals surface area contributed by atoms with Crippen molar-refractivity contribution in [3.05, 3.63) is 48.0 Å². The molecule has 0 bridgehead atoms. The van der Waals surface area contributed by atoms with E-state index in [2.05, 4.69) is 24.3 Å². The Bertz CT molecular complexity index is 614. The van der Waals surface area contributed by atoms with Gasteiger partial charge in [-0.1, -0.05) is 42.5 Å². The van der Waals surface area contributed by atoms with Crippen LogP contribution in [0.5, 0.6) is 0 Å². The highest BCUT2D eigenvalue weighted by Crippen LogP contribution is 2.31. The molecular formula is C17H18O3. The third-order valence-corrected chi connectivity index (χ3v) is 3.92. The Kier molecular flexibility index (Phi) is 3.70. The average molecular weight is 270 g/mol. The standard InChI is InChI=1S/C17H18O3/c1-19-17(18)16(15-7-4-10-20-15)14-9-8-12-5-2-3-6-13(12)11-14/h2-3,5-6,8-9,11,15-16H,4,7,10H2,1H3. The van der Waals surface area contributed by atoms with Crippen LogP contribution in [0.2, 0.25) is 0 Å². The predicted molar refractivity (Wildman–Crippen MR) is 77.7 cm³/mol. The van der Waals surface area contributed by atoms with E-state index in [4.69, 9.17) is 9.47 Å². The van der Waals surface area contributed by atoms with Crippen molar-refractivity contribution in [2.75, 3.05) is 13.7 Å². The van der Waals surface area contributed by atoms with Gasteiger partial charge < -0.3 is 9.47 Å². The molecule has 0 saturated carbocycles. The summed E-state index contributed by atoms with van der Waals surface area (Å²) < 4.78 is 10.7. The van der Waals surface area contributed by atoms with Crippen LogP contribution in [0, 0.1) is 0 Å². The number of benzene rings is 2. The van der Waals surface area contributed by atoms with E-state index in [-0.39, 0.29) is 18.0 Å². The molecule has 1 heterocycles. The number of carbonyl (C=O) groups excluding carboxylic acids is 1. The van der Waals surface area contributed by atoms with E-state index in [1.807, 2.05) is 18.2 Å². The lowest BCUT2D eigenvalue weighted by Gasteiger charge is -2.21. The Balaban J connectivity index is 2.01. The molecule has 20 heavy (non-hydrogen) atoms. The van der Waals surface area contributed by atoms with Gasteiger partial charge in [-0.05, 0) is 29.2 Å². The molecule has 0 aromatic heterocycles. The van der Waals surface area contributed by atoms with Crippen molar-refractivity contribution in [2.24, 2.45) is 0 Å². The molecule has 1 aliphatic heterocycles. The van der Waals surface area contributed by atoms with E-state index in [1.165, 1.54) is 12.5 Å². The highest BCUT2D eigenvalue weighted by atomic mass is 16.5. The summed E-state index contributed by atoms with van der Waals surface area (Å²) in [4.78, 5) is 12.1. The molecule has 1 saturated heterocycles. The van der Waals surface area contributed by atoms with Gasteiger partial charge in [-0.15, -0.1) is 0 Å². The lowest BCUT2D eigenvalue weighted by molar-refractivity contribution is -0.145. The fourth-order valence-corrected chi connectivity index (χ4v) is 2.90. The minimum Gasteiger partial charge on any atom is -0.468 e. The summed E-state index contributed by atoms with van der Waals surface area (Å²) in [6.45, 7) is 0.728. The fraction of sp³-hybridized carbons (Fsp3) is 0.353. The van der Waals surface area contributed by atoms with Crippen LogP contribution >= 0.6 is 0 Å². The number of ether oxygens (including phenoxy) is 2. The highest BCUT2D eigenvalue weighted by Gasteiger charge is 2.33. The molecule has 0 spiro atoms. The zero-order valence-electron chi connectivity index (χ0n) is 11.5. The topological polar surface area (TPSA) is 35.5 Å². The molecule has 0 radical (unpaired) electrons. The average Bonchev–Trinajstić information content (AvgIpc) is 3.01. The Hall–Kier alpha value is -1.87. The molecule has 1 aliphatic rings. The smallest absolute Gasteiger partial charge is 0.315 e. The molecule has 1 fully saturated rings. The van der Waals surface area contributed by atoms with Crippen LogP contribution in [0.1, 0.15) is 24.3 Å². The molecule has 3 nitrogen and oxygen atoms in total. The second-order valence-corrected chi connectivity index (χ2v) is 5.16. The number of hydrogen-bond acceptors (Lipinski definition) is 3. The zero-order valence-corrected chi connectivity index (χ0v) is 11.5. The number of fused-ring (bicyclic) bond motifs is 1. The minimum absolute atomic E-state index is 0.0661. The van der Waals surface area contributed by atoms with Crippen LogP contribution in [0.4, 0.5) is 0 Å². The number of carbonyl (C=O) groups is 1. The van der Waals surface area contributed by atoms with Crippen LogP contribution in [0.3, 0.4) is 0 Å². The third-order valence-electron chi connectivity index (χ3n) is 3.92. The molecular weight excluding hydrogens is 252 g/mol. The van der Waals surface area contributed by atoms with E-state index < -0.39 is 0 Å². The summed E-state index contributed by atoms with van der Waals surface area (Å²) in [7, 11) is 1.44. The maximum atomic E-state index is 12.1. The number of rotatable bonds is 3. The predicted octanol–water partition coefficient (Wildman–Crippen LogP) is 3.28. The van der Waals surface area contributed by atoms with Gasteiger partial charge in [-0.25, -0.2) is 0 Å². The van der Waals surface area contributed by atoms with Gasteiger partial charge in [-0.2, -0.15) is 0 Å². The summed E-state index contributed by atoms with van der Waals surface area (Å²) in [6, 6.07) is 14.3. The van der Waals surface area contributed by atoms with Gasteiger partial charge in [-0.3, -0.25) is 4.79 Å². The summed E-state index contributed by atoms with van der Waals surface area (Å²) in [5, 5.41) is 2.31. The van der Waals surface area contributed by atoms with Crippen molar-refractivity contribution in [1.29, 1.82) is 0 Å². The second-order valence-electron chi connectivity index (χ2n) is 5.16. The maximum absolute atomic E-state index is 12.1. The second kappa shape index (κ2) is 5.63. The van der Waals surface area contributed by atoms with E-state index in [0.717, 1.165) is 30.4 Å². The molecule has 2 aromatic carbocycles. The van der Waals surface area contributed by atoms with Crippen molar-refractivity contribution >= 4 is 16.7 Å². The molecule has 3 rings (SSSR count). The Labute approximate surface area is 118 Å². The first-order valence-electron chi connectivity index (χ1n) is 6.98. The summed E-state index contributed by atoms with van der Waals surface area (Å²) in [6.07, 6.45) is 1.85. The van der Waals surface area contributed by atoms with Crippen molar-refractivity contribution in [3.8, 4) is 0 Å². The normalized spacial score (nSPS) is 19.9. The summed E-state index contributed by atoms with van der Waals surface area (Å²) in [5.41, 5.74) is 0.974. The van der Waals surface area contributed by atoms with Gasteiger partial charge >= 0.3 is 5.97 Å². The molecule has 104 valence electrons. The molecule has 2 atom stereocenters. The van der Waals surface area contributed by atoms with E-state index >= 15 is 0 Å². The van der Waals surface area contributed by atoms with Crippen LogP contribution < -0.4 is 0 Å². The third kappa shape index (κ3) is 2.41. The van der Waals surface area contributed by atoms with Crippen LogP contribution in [0.15, 0.2) is 42.5 Å². The van der Waals surface area contributed by atoms with Gasteiger partial charge in [0.25, 0.3) is 0 Å². The Morgan fingerprint density at radius 2 is 2.05 bits per heavy atom. The Morgan fingerprint density at radius 3 is 2.75 bits per heavy atom. The lowest BCUT2D eigenvalue weighted by Crippen LogP contribution is -2.26. The fourth-order valence-electron chi connectivity index (χ4n) is 2.90. The summed E-state index contributed by atoms with van der Waals surface area (Å²) >= 11 is 0. The zero-order chi connectivity index (χ0) is 13.9. The summed E-state index contributed by atoms with van der Waals surface area (Å²) in [5.74, 6) is -0.542. The van der Waals surface area contributed by atoms with Gasteiger partial charge in [0.2, 0.25) is 0 Å². The van der Waals surface area contributed by atoms with E-state index in [0.29, 0.717) is 0 Å². The minimum atomic E-state index is -0.327. The maximum Gasteiger partial charge on any atom is 0.315 e. The van der Waals surface area contributed by atoms with Crippen molar-refractivity contribution in [1.82, 2.24) is 0 Å². The van der Waals surface area contributed by atoms with Crippen molar-refractivity contribution < 1.29 is 14.3 Å². The van der Waals surface area contributed by atoms with Gasteiger partial charge in [0.15, 0.2) is 0 Å². The van der Waals surface area contributed by atoms with Gasteiger partial charge in [0.05, 0.1) is 13.2 Å². The van der Waals surface area contributed by atoms with Gasteiger partial charge in [0.1, 0.15) is 5.92 Å². The van der Waals surface area contributed by atoms with Crippen LogP contribution in [0.25, 0.3) is 10.8 Å². The number of hydrogen-bond donors (Lipinski definition) is 0. The molecule has 0 aliphatic carbocycles. The van der Waals surface area contributed by atoms with Crippen molar-refractivity contribution in [3.63, 3.8) is 0 Å². The lowest BCUT2D eigenvalue weighted by atomic mass is 9.90.